The normalized spacial score (nSPS) is 14.9. The second kappa shape index (κ2) is 15.7. The van der Waals surface area contributed by atoms with Crippen molar-refractivity contribution < 1.29 is 42.3 Å². The van der Waals surface area contributed by atoms with Crippen LogP contribution in [0, 0.1) is 10.8 Å². The molecule has 0 unspecified atom stereocenters. The number of hydrogen-bond acceptors (Lipinski definition) is 11. The van der Waals surface area contributed by atoms with E-state index in [-0.39, 0.29) is 39.3 Å². The van der Waals surface area contributed by atoms with E-state index in [2.05, 4.69) is 20.8 Å². The van der Waals surface area contributed by atoms with Crippen LogP contribution in [0.3, 0.4) is 0 Å². The van der Waals surface area contributed by atoms with Crippen molar-refractivity contribution in [3.63, 3.8) is 0 Å². The van der Waals surface area contributed by atoms with Gasteiger partial charge < -0.3 is 20.1 Å². The van der Waals surface area contributed by atoms with E-state index in [0.717, 1.165) is 0 Å². The van der Waals surface area contributed by atoms with Crippen molar-refractivity contribution in [2.24, 2.45) is 10.8 Å². The standard InChI is InChI=1S/C29H40Cl2N5O9P/c1-28(2,3)26(39)42-16-44-46(41,45-17-43-27(40)29(4,5)6)15-36-12-10-18(11-13-36)33-25(38)23-21(14-32-35-23)34-24(37)22-19(30)8-7-9-20(22)31/h7-9,14,18H,10-13,15-17H2,1-6H3,(H,32,35)(H,33,38)(H,34,37). The Kier molecular flexibility index (Phi) is 12.8. The molecule has 1 aromatic heterocycles. The van der Waals surface area contributed by atoms with Crippen LogP contribution in [0.4, 0.5) is 5.69 Å². The number of halogens is 2. The summed E-state index contributed by atoms with van der Waals surface area (Å²) in [5.74, 6) is -2.20. The number of esters is 2. The Morgan fingerprint density at radius 3 is 1.96 bits per heavy atom. The number of amides is 2. The Morgan fingerprint density at radius 1 is 0.935 bits per heavy atom. The summed E-state index contributed by atoms with van der Waals surface area (Å²) in [5.41, 5.74) is -1.34. The van der Waals surface area contributed by atoms with Crippen LogP contribution in [-0.2, 0) is 32.7 Å². The Labute approximate surface area is 277 Å². The van der Waals surface area contributed by atoms with Gasteiger partial charge in [0.25, 0.3) is 11.8 Å². The second-order valence-corrected chi connectivity index (χ2v) is 15.5. The minimum absolute atomic E-state index is 0.0415. The third-order valence-electron chi connectivity index (χ3n) is 6.70. The first-order chi connectivity index (χ1) is 21.4. The van der Waals surface area contributed by atoms with Crippen molar-refractivity contribution in [1.82, 2.24) is 20.4 Å². The zero-order valence-corrected chi connectivity index (χ0v) is 29.0. The van der Waals surface area contributed by atoms with Gasteiger partial charge >= 0.3 is 19.5 Å². The molecule has 1 saturated heterocycles. The monoisotopic (exact) mass is 703 g/mol. The molecule has 1 aliphatic heterocycles. The van der Waals surface area contributed by atoms with E-state index in [1.807, 2.05) is 4.90 Å². The number of nitrogens with zero attached hydrogens (tertiary/aromatic N) is 2. The molecular weight excluding hydrogens is 664 g/mol. The summed E-state index contributed by atoms with van der Waals surface area (Å²) in [6, 6.07) is 4.41. The number of anilines is 1. The van der Waals surface area contributed by atoms with E-state index >= 15 is 0 Å². The topological polar surface area (TPSA) is 178 Å². The third-order valence-corrected chi connectivity index (χ3v) is 9.08. The van der Waals surface area contributed by atoms with Crippen LogP contribution >= 0.6 is 30.8 Å². The smallest absolute Gasteiger partial charge is 0.350 e. The molecule has 3 rings (SSSR count). The van der Waals surface area contributed by atoms with E-state index in [1.165, 1.54) is 18.3 Å². The highest BCUT2D eigenvalue weighted by Gasteiger charge is 2.34. The number of carbonyl (C=O) groups is 4. The quantitative estimate of drug-likeness (QED) is 0.146. The van der Waals surface area contributed by atoms with Gasteiger partial charge in [0.2, 0.25) is 13.6 Å². The molecule has 0 bridgehead atoms. The summed E-state index contributed by atoms with van der Waals surface area (Å²) in [5, 5.41) is 12.3. The molecule has 1 aliphatic rings. The average Bonchev–Trinajstić information content (AvgIpc) is 3.41. The Morgan fingerprint density at radius 2 is 1.46 bits per heavy atom. The van der Waals surface area contributed by atoms with Gasteiger partial charge in [-0.15, -0.1) is 0 Å². The predicted octanol–water partition coefficient (Wildman–Crippen LogP) is 5.44. The summed E-state index contributed by atoms with van der Waals surface area (Å²) in [7, 11) is -3.93. The van der Waals surface area contributed by atoms with Gasteiger partial charge in [-0.2, -0.15) is 5.10 Å². The Balaban J connectivity index is 1.57. The Hall–Kier alpha value is -3.00. The fourth-order valence-electron chi connectivity index (χ4n) is 4.05. The number of carbonyl (C=O) groups excluding carboxylic acids is 4. The summed E-state index contributed by atoms with van der Waals surface area (Å²) >= 11 is 12.3. The van der Waals surface area contributed by atoms with Crippen LogP contribution in [0.25, 0.3) is 0 Å². The molecule has 1 fully saturated rings. The molecule has 0 spiro atoms. The minimum Gasteiger partial charge on any atom is -0.438 e. The number of benzene rings is 1. The van der Waals surface area contributed by atoms with Gasteiger partial charge in [-0.25, -0.2) is 0 Å². The molecule has 0 radical (unpaired) electrons. The van der Waals surface area contributed by atoms with Gasteiger partial charge in [-0.1, -0.05) is 29.3 Å². The minimum atomic E-state index is -3.93. The van der Waals surface area contributed by atoms with Crippen LogP contribution in [-0.4, -0.2) is 77.9 Å². The fraction of sp³-hybridized carbons (Fsp3) is 0.552. The first-order valence-electron chi connectivity index (χ1n) is 14.4. The van der Waals surface area contributed by atoms with Crippen molar-refractivity contribution in [2.45, 2.75) is 60.4 Å². The maximum absolute atomic E-state index is 13.6. The molecule has 0 aliphatic carbocycles. The lowest BCUT2D eigenvalue weighted by Crippen LogP contribution is -2.45. The zero-order valence-electron chi connectivity index (χ0n) is 26.6. The molecule has 17 heteroatoms. The van der Waals surface area contributed by atoms with Crippen LogP contribution in [0.2, 0.25) is 10.0 Å². The molecule has 3 N–H and O–H groups in total. The van der Waals surface area contributed by atoms with Crippen molar-refractivity contribution in [3.05, 3.63) is 45.7 Å². The number of likely N-dealkylation sites (tertiary alicyclic amines) is 1. The van der Waals surface area contributed by atoms with Crippen LogP contribution in [0.15, 0.2) is 24.4 Å². The molecule has 14 nitrogen and oxygen atoms in total. The van der Waals surface area contributed by atoms with Crippen LogP contribution < -0.4 is 10.6 Å². The Bertz CT molecular complexity index is 1410. The summed E-state index contributed by atoms with van der Waals surface area (Å²) in [4.78, 5) is 52.0. The molecule has 2 amide bonds. The molecule has 2 heterocycles. The van der Waals surface area contributed by atoms with Gasteiger partial charge in [-0.3, -0.25) is 42.8 Å². The molecule has 46 heavy (non-hydrogen) atoms. The number of hydrogen-bond donors (Lipinski definition) is 3. The molecule has 254 valence electrons. The van der Waals surface area contributed by atoms with E-state index in [4.69, 9.17) is 41.7 Å². The highest BCUT2D eigenvalue weighted by molar-refractivity contribution is 7.53. The summed E-state index contributed by atoms with van der Waals surface area (Å²) in [6.07, 6.45) is 2.09. The van der Waals surface area contributed by atoms with E-state index in [1.54, 1.807) is 47.6 Å². The first kappa shape index (κ1) is 37.5. The molecular formula is C29H40Cl2N5O9P. The van der Waals surface area contributed by atoms with Crippen molar-refractivity contribution in [2.75, 3.05) is 38.3 Å². The van der Waals surface area contributed by atoms with Crippen LogP contribution in [0.5, 0.6) is 0 Å². The lowest BCUT2D eigenvalue weighted by atomic mass is 9.98. The number of ether oxygens (including phenoxy) is 2. The maximum Gasteiger partial charge on any atom is 0.350 e. The second-order valence-electron chi connectivity index (χ2n) is 12.7. The number of aromatic nitrogens is 2. The van der Waals surface area contributed by atoms with Crippen molar-refractivity contribution >= 4 is 60.2 Å². The number of nitrogens with one attached hydrogen (secondary N) is 3. The zero-order chi connectivity index (χ0) is 34.3. The molecule has 1 aromatic carbocycles. The largest absolute Gasteiger partial charge is 0.438 e. The fourth-order valence-corrected chi connectivity index (χ4v) is 6.05. The van der Waals surface area contributed by atoms with Gasteiger partial charge in [0, 0.05) is 19.1 Å². The maximum atomic E-state index is 13.6. The lowest BCUT2D eigenvalue weighted by molar-refractivity contribution is -0.162. The molecule has 2 aromatic rings. The highest BCUT2D eigenvalue weighted by atomic mass is 35.5. The average molecular weight is 705 g/mol. The van der Waals surface area contributed by atoms with Gasteiger partial charge in [0.1, 0.15) is 12.0 Å². The van der Waals surface area contributed by atoms with Crippen molar-refractivity contribution in [1.29, 1.82) is 0 Å². The van der Waals surface area contributed by atoms with Crippen LogP contribution in [0.1, 0.15) is 75.2 Å². The van der Waals surface area contributed by atoms with E-state index in [0.29, 0.717) is 25.9 Å². The predicted molar refractivity (Wildman–Crippen MR) is 171 cm³/mol. The summed E-state index contributed by atoms with van der Waals surface area (Å²) < 4.78 is 34.7. The van der Waals surface area contributed by atoms with E-state index < -0.39 is 55.8 Å². The van der Waals surface area contributed by atoms with Gasteiger partial charge in [0.15, 0.2) is 0 Å². The lowest BCUT2D eigenvalue weighted by Gasteiger charge is -2.33. The first-order valence-corrected chi connectivity index (χ1v) is 16.9. The van der Waals surface area contributed by atoms with Crippen molar-refractivity contribution in [3.8, 4) is 0 Å². The number of aromatic amines is 1. The molecule has 0 saturated carbocycles. The van der Waals surface area contributed by atoms with Gasteiger partial charge in [-0.05, 0) is 66.5 Å². The molecule has 0 atom stereocenters. The van der Waals surface area contributed by atoms with Gasteiger partial charge in [0.05, 0.1) is 38.3 Å². The SMILES string of the molecule is CC(C)(C)C(=O)OCOP(=O)(CN1CCC(NC(=O)c2[nH]ncc2NC(=O)c2c(Cl)cccc2Cl)CC1)OCOC(=O)C(C)(C)C. The third kappa shape index (κ3) is 10.8. The summed E-state index contributed by atoms with van der Waals surface area (Å²) in [6.45, 7) is 9.59. The van der Waals surface area contributed by atoms with E-state index in [9.17, 15) is 23.7 Å². The number of rotatable bonds is 12. The number of piperidine rings is 1. The number of H-pyrrole nitrogens is 1. The highest BCUT2D eigenvalue weighted by Crippen LogP contribution is 2.49.